The highest BCUT2D eigenvalue weighted by Gasteiger charge is 2.34. The number of rotatable bonds is 3. The van der Waals surface area contributed by atoms with Gasteiger partial charge >= 0.3 is 8.17 Å². The van der Waals surface area contributed by atoms with Gasteiger partial charge in [0, 0.05) is 6.04 Å². The predicted octanol–water partition coefficient (Wildman–Crippen LogP) is -0.591. The Bertz CT molecular complexity index is 120. The van der Waals surface area contributed by atoms with Gasteiger partial charge in [-0.1, -0.05) is 0 Å². The van der Waals surface area contributed by atoms with Crippen molar-refractivity contribution >= 4 is 8.17 Å². The molecule has 1 rings (SSSR count). The first-order valence-electron chi connectivity index (χ1n) is 3.53. The van der Waals surface area contributed by atoms with Crippen molar-refractivity contribution in [3.8, 4) is 0 Å². The maximum Gasteiger partial charge on any atom is 0.567 e. The fraction of sp³-hybridized carbons (Fsp3) is 1.00. The van der Waals surface area contributed by atoms with Crippen LogP contribution in [0.3, 0.4) is 0 Å². The minimum absolute atomic E-state index is 0.154. The Morgan fingerprint density at radius 3 is 2.64 bits per heavy atom. The highest BCUT2D eigenvalue weighted by molar-refractivity contribution is 7.53. The molecule has 5 nitrogen and oxygen atoms in total. The summed E-state index contributed by atoms with van der Waals surface area (Å²) in [6, 6.07) is 0.154. The molecular formula is C5H13NO4P+. The molecule has 0 amide bonds. The SMILES string of the molecule is O[P+](O)(O)OC[C@@H]1CCCN1. The van der Waals surface area contributed by atoms with Crippen molar-refractivity contribution in [2.24, 2.45) is 0 Å². The van der Waals surface area contributed by atoms with Crippen LogP contribution < -0.4 is 5.32 Å². The van der Waals surface area contributed by atoms with Crippen molar-refractivity contribution in [2.75, 3.05) is 13.2 Å². The lowest BCUT2D eigenvalue weighted by Gasteiger charge is -2.08. The summed E-state index contributed by atoms with van der Waals surface area (Å²) in [5, 5.41) is 3.09. The molecule has 1 aliphatic heterocycles. The fourth-order valence-electron chi connectivity index (χ4n) is 1.09. The van der Waals surface area contributed by atoms with Crippen LogP contribution in [0.15, 0.2) is 0 Å². The summed E-state index contributed by atoms with van der Waals surface area (Å²) in [6.45, 7) is 1.10. The lowest BCUT2D eigenvalue weighted by molar-refractivity contribution is 0.148. The third kappa shape index (κ3) is 3.96. The molecule has 0 aromatic heterocycles. The van der Waals surface area contributed by atoms with Crippen LogP contribution in [0, 0.1) is 0 Å². The summed E-state index contributed by atoms with van der Waals surface area (Å²) in [5.41, 5.74) is 0. The lowest BCUT2D eigenvalue weighted by atomic mass is 10.2. The third-order valence-corrected chi connectivity index (χ3v) is 2.11. The van der Waals surface area contributed by atoms with Crippen LogP contribution in [0.25, 0.3) is 0 Å². The molecule has 11 heavy (non-hydrogen) atoms. The fourth-order valence-corrected chi connectivity index (χ4v) is 1.47. The smallest absolute Gasteiger partial charge is 0.312 e. The summed E-state index contributed by atoms with van der Waals surface area (Å²) in [7, 11) is -4.01. The van der Waals surface area contributed by atoms with E-state index in [0.29, 0.717) is 0 Å². The van der Waals surface area contributed by atoms with E-state index in [2.05, 4.69) is 9.84 Å². The van der Waals surface area contributed by atoms with Gasteiger partial charge in [-0.05, 0) is 19.4 Å². The van der Waals surface area contributed by atoms with Gasteiger partial charge in [0.25, 0.3) is 0 Å². The molecular weight excluding hydrogens is 169 g/mol. The molecule has 0 saturated carbocycles. The summed E-state index contributed by atoms with van der Waals surface area (Å²) < 4.78 is 4.43. The van der Waals surface area contributed by atoms with Crippen LogP contribution in [-0.2, 0) is 4.52 Å². The van der Waals surface area contributed by atoms with E-state index in [1.807, 2.05) is 0 Å². The second-order valence-electron chi connectivity index (χ2n) is 2.60. The van der Waals surface area contributed by atoms with Crippen molar-refractivity contribution in [2.45, 2.75) is 18.9 Å². The first-order valence-corrected chi connectivity index (χ1v) is 5.10. The maximum atomic E-state index is 8.45. The summed E-state index contributed by atoms with van der Waals surface area (Å²) in [5.74, 6) is 0. The molecule has 0 aliphatic carbocycles. The van der Waals surface area contributed by atoms with E-state index in [0.717, 1.165) is 19.4 Å². The summed E-state index contributed by atoms with van der Waals surface area (Å²) in [4.78, 5) is 25.4. The molecule has 1 aliphatic rings. The Hall–Kier alpha value is 0.230. The van der Waals surface area contributed by atoms with Crippen molar-refractivity contribution < 1.29 is 19.2 Å². The van der Waals surface area contributed by atoms with E-state index in [9.17, 15) is 0 Å². The second kappa shape index (κ2) is 3.76. The molecule has 66 valence electrons. The standard InChI is InChI=1S/C5H13NO4P/c7-11(8,9)10-4-5-2-1-3-6-5/h5-9H,1-4H2/q+1/t5-/m0/s1. The molecule has 0 aromatic rings. The monoisotopic (exact) mass is 182 g/mol. The highest BCUT2D eigenvalue weighted by atomic mass is 31.2. The third-order valence-electron chi connectivity index (χ3n) is 1.61. The van der Waals surface area contributed by atoms with Crippen molar-refractivity contribution in [3.63, 3.8) is 0 Å². The van der Waals surface area contributed by atoms with Crippen molar-refractivity contribution in [1.82, 2.24) is 5.32 Å². The zero-order chi connectivity index (χ0) is 8.32. The van der Waals surface area contributed by atoms with Gasteiger partial charge in [0.05, 0.1) is 0 Å². The number of hydrogen-bond acceptors (Lipinski definition) is 5. The summed E-state index contributed by atoms with van der Waals surface area (Å²) in [6.07, 6.45) is 2.03. The Labute approximate surface area is 65.7 Å². The van der Waals surface area contributed by atoms with Crippen LogP contribution >= 0.6 is 8.17 Å². The molecule has 1 fully saturated rings. The first kappa shape index (κ1) is 9.32. The molecule has 0 bridgehead atoms. The lowest BCUT2D eigenvalue weighted by Crippen LogP contribution is -2.26. The van der Waals surface area contributed by atoms with Gasteiger partial charge in [0.15, 0.2) is 0 Å². The van der Waals surface area contributed by atoms with Gasteiger partial charge in [-0.3, -0.25) is 0 Å². The number of nitrogens with one attached hydrogen (secondary N) is 1. The zero-order valence-electron chi connectivity index (χ0n) is 6.10. The van der Waals surface area contributed by atoms with Crippen LogP contribution in [0.2, 0.25) is 0 Å². The quantitative estimate of drug-likeness (QED) is 0.438. The minimum atomic E-state index is -4.01. The molecule has 1 saturated heterocycles. The van der Waals surface area contributed by atoms with Gasteiger partial charge in [-0.15, -0.1) is 0 Å². The van der Waals surface area contributed by atoms with E-state index in [-0.39, 0.29) is 12.6 Å². The van der Waals surface area contributed by atoms with Gasteiger partial charge in [0.2, 0.25) is 0 Å². The minimum Gasteiger partial charge on any atom is -0.312 e. The molecule has 0 unspecified atom stereocenters. The predicted molar refractivity (Wildman–Crippen MR) is 40.6 cm³/mol. The average molecular weight is 182 g/mol. The van der Waals surface area contributed by atoms with Gasteiger partial charge in [-0.2, -0.15) is 19.2 Å². The van der Waals surface area contributed by atoms with Crippen LogP contribution in [0.5, 0.6) is 0 Å². The van der Waals surface area contributed by atoms with E-state index >= 15 is 0 Å². The zero-order valence-corrected chi connectivity index (χ0v) is 7.00. The van der Waals surface area contributed by atoms with E-state index in [4.69, 9.17) is 14.7 Å². The first-order chi connectivity index (χ1) is 5.08. The molecule has 4 N–H and O–H groups in total. The Kier molecular flexibility index (Phi) is 3.18. The van der Waals surface area contributed by atoms with Gasteiger partial charge in [0.1, 0.15) is 6.61 Å². The van der Waals surface area contributed by atoms with Crippen LogP contribution in [-0.4, -0.2) is 33.9 Å². The van der Waals surface area contributed by atoms with E-state index < -0.39 is 8.17 Å². The molecule has 1 atom stereocenters. The van der Waals surface area contributed by atoms with Crippen molar-refractivity contribution in [1.29, 1.82) is 0 Å². The Balaban J connectivity index is 2.11. The number of hydrogen-bond donors (Lipinski definition) is 4. The van der Waals surface area contributed by atoms with E-state index in [1.165, 1.54) is 0 Å². The molecule has 6 heteroatoms. The van der Waals surface area contributed by atoms with E-state index in [1.54, 1.807) is 0 Å². The van der Waals surface area contributed by atoms with Crippen molar-refractivity contribution in [3.05, 3.63) is 0 Å². The van der Waals surface area contributed by atoms with Gasteiger partial charge in [-0.25, -0.2) is 0 Å². The highest BCUT2D eigenvalue weighted by Crippen LogP contribution is 2.45. The largest absolute Gasteiger partial charge is 0.567 e. The van der Waals surface area contributed by atoms with Gasteiger partial charge < -0.3 is 5.32 Å². The Morgan fingerprint density at radius 1 is 1.45 bits per heavy atom. The normalized spacial score (nSPS) is 25.9. The Morgan fingerprint density at radius 2 is 2.18 bits per heavy atom. The molecule has 0 spiro atoms. The average Bonchev–Trinajstić information content (AvgIpc) is 2.32. The maximum absolute atomic E-state index is 8.45. The summed E-state index contributed by atoms with van der Waals surface area (Å²) >= 11 is 0. The van der Waals surface area contributed by atoms with Crippen LogP contribution in [0.1, 0.15) is 12.8 Å². The molecule has 0 aromatic carbocycles. The van der Waals surface area contributed by atoms with Crippen LogP contribution in [0.4, 0.5) is 0 Å². The molecule has 0 radical (unpaired) electrons. The molecule has 1 heterocycles. The second-order valence-corrected chi connectivity index (χ2v) is 3.89. The topological polar surface area (TPSA) is 82.0 Å².